The highest BCUT2D eigenvalue weighted by molar-refractivity contribution is 6.36. The first kappa shape index (κ1) is 14.2. The maximum Gasteiger partial charge on any atom is 0.259 e. The van der Waals surface area contributed by atoms with Crippen LogP contribution in [0.4, 0.5) is 5.69 Å². The van der Waals surface area contributed by atoms with Crippen LogP contribution in [0.2, 0.25) is 15.1 Å². The molecular weight excluding hydrogens is 333 g/mol. The molecule has 0 fully saturated rings. The minimum Gasteiger partial charge on any atom is -0.399 e. The van der Waals surface area contributed by atoms with Gasteiger partial charge in [0.1, 0.15) is 0 Å². The first-order valence-corrected chi connectivity index (χ1v) is 7.02. The predicted molar refractivity (Wildman–Crippen MR) is 84.6 cm³/mol. The maximum atomic E-state index is 6.13. The smallest absolute Gasteiger partial charge is 0.259 e. The first-order chi connectivity index (χ1) is 10.0. The molecule has 2 aromatic carbocycles. The minimum atomic E-state index is 0.291. The van der Waals surface area contributed by atoms with Crippen molar-refractivity contribution in [3.63, 3.8) is 0 Å². The van der Waals surface area contributed by atoms with Crippen molar-refractivity contribution in [1.82, 2.24) is 10.1 Å². The quantitative estimate of drug-likeness (QED) is 0.671. The van der Waals surface area contributed by atoms with Crippen LogP contribution in [0, 0.1) is 0 Å². The SMILES string of the molecule is Nc1ccc(-c2noc(-c3ccc(Cl)cc3Cl)n2)c(Cl)c1. The Morgan fingerprint density at radius 3 is 2.33 bits per heavy atom. The number of benzene rings is 2. The number of anilines is 1. The maximum absolute atomic E-state index is 6.13. The molecule has 0 amide bonds. The number of rotatable bonds is 2. The fourth-order valence-electron chi connectivity index (χ4n) is 1.82. The van der Waals surface area contributed by atoms with Crippen molar-refractivity contribution in [1.29, 1.82) is 0 Å². The molecule has 0 atom stereocenters. The van der Waals surface area contributed by atoms with Gasteiger partial charge in [0, 0.05) is 16.3 Å². The summed E-state index contributed by atoms with van der Waals surface area (Å²) in [5.74, 6) is 0.653. The molecule has 4 nitrogen and oxygen atoms in total. The van der Waals surface area contributed by atoms with Crippen molar-refractivity contribution in [3.8, 4) is 22.8 Å². The summed E-state index contributed by atoms with van der Waals surface area (Å²) in [6, 6.07) is 10.1. The summed E-state index contributed by atoms with van der Waals surface area (Å²) >= 11 is 18.1. The van der Waals surface area contributed by atoms with Crippen molar-refractivity contribution in [3.05, 3.63) is 51.5 Å². The van der Waals surface area contributed by atoms with Crippen molar-refractivity contribution < 1.29 is 4.52 Å². The third-order valence-corrected chi connectivity index (χ3v) is 3.68. The Morgan fingerprint density at radius 1 is 0.905 bits per heavy atom. The molecule has 0 spiro atoms. The molecule has 0 unspecified atom stereocenters. The molecule has 0 aliphatic carbocycles. The van der Waals surface area contributed by atoms with Crippen molar-refractivity contribution in [2.24, 2.45) is 0 Å². The fraction of sp³-hybridized carbons (Fsp3) is 0. The molecule has 0 aliphatic rings. The number of hydrogen-bond donors (Lipinski definition) is 1. The highest BCUT2D eigenvalue weighted by Gasteiger charge is 2.15. The average molecular weight is 341 g/mol. The summed E-state index contributed by atoms with van der Waals surface area (Å²) in [4.78, 5) is 4.30. The van der Waals surface area contributed by atoms with Gasteiger partial charge in [0.15, 0.2) is 0 Å². The minimum absolute atomic E-state index is 0.291. The van der Waals surface area contributed by atoms with Crippen LogP contribution < -0.4 is 5.73 Å². The average Bonchev–Trinajstić information content (AvgIpc) is 2.87. The summed E-state index contributed by atoms with van der Waals surface area (Å²) in [5, 5.41) is 5.33. The van der Waals surface area contributed by atoms with Crippen LogP contribution in [0.5, 0.6) is 0 Å². The van der Waals surface area contributed by atoms with Gasteiger partial charge in [-0.05, 0) is 36.4 Å². The molecule has 3 aromatic rings. The summed E-state index contributed by atoms with van der Waals surface area (Å²) in [7, 11) is 0. The highest BCUT2D eigenvalue weighted by Crippen LogP contribution is 2.32. The van der Waals surface area contributed by atoms with E-state index in [-0.39, 0.29) is 0 Å². The van der Waals surface area contributed by atoms with Crippen molar-refractivity contribution >= 4 is 40.5 Å². The van der Waals surface area contributed by atoms with Gasteiger partial charge in [-0.2, -0.15) is 4.98 Å². The zero-order chi connectivity index (χ0) is 15.0. The van der Waals surface area contributed by atoms with Gasteiger partial charge in [0.25, 0.3) is 5.89 Å². The fourth-order valence-corrected chi connectivity index (χ4v) is 2.58. The third kappa shape index (κ3) is 2.83. The molecular formula is C14H8Cl3N3O. The second-order valence-electron chi connectivity index (χ2n) is 4.29. The second kappa shape index (κ2) is 5.56. The predicted octanol–water partition coefficient (Wildman–Crippen LogP) is 4.95. The van der Waals surface area contributed by atoms with Crippen LogP contribution in [0.15, 0.2) is 40.9 Å². The highest BCUT2D eigenvalue weighted by atomic mass is 35.5. The van der Waals surface area contributed by atoms with E-state index in [1.165, 1.54) is 0 Å². The molecule has 1 heterocycles. The van der Waals surface area contributed by atoms with E-state index in [0.717, 1.165) is 0 Å². The molecule has 106 valence electrons. The molecule has 3 rings (SSSR count). The number of nitrogen functional groups attached to an aromatic ring is 1. The Kier molecular flexibility index (Phi) is 3.76. The van der Waals surface area contributed by atoms with Gasteiger partial charge >= 0.3 is 0 Å². The van der Waals surface area contributed by atoms with Gasteiger partial charge in [-0.3, -0.25) is 0 Å². The lowest BCUT2D eigenvalue weighted by molar-refractivity contribution is 0.432. The van der Waals surface area contributed by atoms with Gasteiger partial charge in [0.05, 0.1) is 15.6 Å². The lowest BCUT2D eigenvalue weighted by Crippen LogP contribution is -1.87. The summed E-state index contributed by atoms with van der Waals surface area (Å²) in [6.07, 6.45) is 0. The van der Waals surface area contributed by atoms with Gasteiger partial charge in [-0.1, -0.05) is 40.0 Å². The number of nitrogens with zero attached hydrogens (tertiary/aromatic N) is 2. The second-order valence-corrected chi connectivity index (χ2v) is 5.54. The van der Waals surface area contributed by atoms with Gasteiger partial charge in [-0.15, -0.1) is 0 Å². The Balaban J connectivity index is 2.03. The van der Waals surface area contributed by atoms with Gasteiger partial charge < -0.3 is 10.3 Å². The molecule has 21 heavy (non-hydrogen) atoms. The zero-order valence-corrected chi connectivity index (χ0v) is 12.7. The van der Waals surface area contributed by atoms with E-state index in [1.807, 2.05) is 0 Å². The van der Waals surface area contributed by atoms with Gasteiger partial charge in [0.2, 0.25) is 5.82 Å². The van der Waals surface area contributed by atoms with Crippen LogP contribution in [0.1, 0.15) is 0 Å². The van der Waals surface area contributed by atoms with E-state index in [2.05, 4.69) is 10.1 Å². The number of nitrogens with two attached hydrogens (primary N) is 1. The van der Waals surface area contributed by atoms with Crippen molar-refractivity contribution in [2.45, 2.75) is 0 Å². The van der Waals surface area contributed by atoms with E-state index < -0.39 is 0 Å². The van der Waals surface area contributed by atoms with Crippen LogP contribution in [0.25, 0.3) is 22.8 Å². The Labute approximate surface area is 135 Å². The molecule has 0 aliphatic heterocycles. The Hall–Kier alpha value is -1.75. The largest absolute Gasteiger partial charge is 0.399 e. The van der Waals surface area contributed by atoms with E-state index >= 15 is 0 Å². The van der Waals surface area contributed by atoms with E-state index in [4.69, 9.17) is 45.1 Å². The molecule has 0 radical (unpaired) electrons. The monoisotopic (exact) mass is 339 g/mol. The standard InChI is InChI=1S/C14H8Cl3N3O/c15-7-1-3-10(11(16)5-7)14-19-13(20-21-14)9-4-2-8(18)6-12(9)17/h1-6H,18H2. The van der Waals surface area contributed by atoms with Crippen LogP contribution in [-0.4, -0.2) is 10.1 Å². The Morgan fingerprint density at radius 2 is 1.62 bits per heavy atom. The van der Waals surface area contributed by atoms with Crippen LogP contribution in [0.3, 0.4) is 0 Å². The Bertz CT molecular complexity index is 751. The van der Waals surface area contributed by atoms with E-state index in [0.29, 0.717) is 43.6 Å². The van der Waals surface area contributed by atoms with E-state index in [9.17, 15) is 0 Å². The molecule has 0 saturated heterocycles. The van der Waals surface area contributed by atoms with E-state index in [1.54, 1.807) is 36.4 Å². The number of hydrogen-bond acceptors (Lipinski definition) is 4. The number of aromatic nitrogens is 2. The lowest BCUT2D eigenvalue weighted by Gasteiger charge is -2.00. The summed E-state index contributed by atoms with van der Waals surface area (Å²) in [6.45, 7) is 0. The first-order valence-electron chi connectivity index (χ1n) is 5.89. The molecule has 1 aromatic heterocycles. The van der Waals surface area contributed by atoms with Gasteiger partial charge in [-0.25, -0.2) is 0 Å². The summed E-state index contributed by atoms with van der Waals surface area (Å²) in [5.41, 5.74) is 7.45. The number of halogens is 3. The molecule has 2 N–H and O–H groups in total. The normalized spacial score (nSPS) is 10.8. The zero-order valence-electron chi connectivity index (χ0n) is 10.5. The van der Waals surface area contributed by atoms with Crippen LogP contribution in [-0.2, 0) is 0 Å². The van der Waals surface area contributed by atoms with Crippen LogP contribution >= 0.6 is 34.8 Å². The molecule has 0 bridgehead atoms. The topological polar surface area (TPSA) is 64.9 Å². The molecule has 7 heteroatoms. The summed E-state index contributed by atoms with van der Waals surface area (Å²) < 4.78 is 5.23. The van der Waals surface area contributed by atoms with Crippen molar-refractivity contribution in [2.75, 3.05) is 5.73 Å². The molecule has 0 saturated carbocycles. The lowest BCUT2D eigenvalue weighted by atomic mass is 10.2. The third-order valence-electron chi connectivity index (χ3n) is 2.82.